The Bertz CT molecular complexity index is 980. The molecule has 15 nitrogen and oxygen atoms in total. The van der Waals surface area contributed by atoms with Crippen LogP contribution in [0.2, 0.25) is 0 Å². The highest BCUT2D eigenvalue weighted by molar-refractivity contribution is 5.94. The predicted octanol–water partition coefficient (Wildman–Crippen LogP) is -3.25. The molecule has 0 saturated carbocycles. The molecular formula is C22H34N8O7. The normalized spacial score (nSPS) is 12.9. The summed E-state index contributed by atoms with van der Waals surface area (Å²) in [4.78, 5) is 64.1. The average molecular weight is 523 g/mol. The van der Waals surface area contributed by atoms with E-state index in [4.69, 9.17) is 28.0 Å². The Morgan fingerprint density at radius 3 is 2.08 bits per heavy atom. The molecule has 0 radical (unpaired) electrons. The van der Waals surface area contributed by atoms with Crippen molar-refractivity contribution in [3.8, 4) is 5.75 Å². The summed E-state index contributed by atoms with van der Waals surface area (Å²) in [5.41, 5.74) is 22.2. The summed E-state index contributed by atoms with van der Waals surface area (Å²) >= 11 is 0. The van der Waals surface area contributed by atoms with Gasteiger partial charge in [-0.05, 0) is 37.0 Å². The summed E-state index contributed by atoms with van der Waals surface area (Å²) in [6, 6.07) is 2.39. The molecule has 15 heteroatoms. The number of aromatic hydroxyl groups is 1. The smallest absolute Gasteiger partial charge is 0.322 e. The van der Waals surface area contributed by atoms with Gasteiger partial charge in [0.15, 0.2) is 5.96 Å². The fourth-order valence-electron chi connectivity index (χ4n) is 3.12. The van der Waals surface area contributed by atoms with Gasteiger partial charge in [-0.1, -0.05) is 12.1 Å². The second kappa shape index (κ2) is 15.6. The number of phenolic OH excluding ortho intramolecular Hbond substituents is 1. The first-order chi connectivity index (χ1) is 17.4. The number of aliphatic imine (C=N–C) groups is 1. The molecule has 1 aromatic rings. The van der Waals surface area contributed by atoms with Crippen LogP contribution >= 0.6 is 0 Å². The molecule has 0 fully saturated rings. The van der Waals surface area contributed by atoms with Crippen molar-refractivity contribution in [2.24, 2.45) is 27.9 Å². The first-order valence-corrected chi connectivity index (χ1v) is 11.4. The van der Waals surface area contributed by atoms with Crippen LogP contribution in [0, 0.1) is 0 Å². The Hall–Kier alpha value is -4.40. The van der Waals surface area contributed by atoms with Crippen molar-refractivity contribution in [2.75, 3.05) is 13.1 Å². The lowest BCUT2D eigenvalue weighted by Crippen LogP contribution is -2.56. The van der Waals surface area contributed by atoms with Crippen molar-refractivity contribution in [2.45, 2.75) is 50.2 Å². The highest BCUT2D eigenvalue weighted by Gasteiger charge is 2.28. The number of primary amides is 1. The summed E-state index contributed by atoms with van der Waals surface area (Å²) in [5.74, 6) is -4.41. The summed E-state index contributed by atoms with van der Waals surface area (Å²) in [5, 5.41) is 25.4. The van der Waals surface area contributed by atoms with E-state index in [0.29, 0.717) is 12.0 Å². The number of aliphatic carboxylic acids is 1. The number of nitrogens with two attached hydrogens (primary N) is 4. The van der Waals surface area contributed by atoms with Crippen molar-refractivity contribution < 1.29 is 34.2 Å². The molecule has 0 bridgehead atoms. The number of rotatable bonds is 16. The quantitative estimate of drug-likeness (QED) is 0.0593. The van der Waals surface area contributed by atoms with Crippen LogP contribution < -0.4 is 38.9 Å². The Balaban J connectivity index is 3.01. The number of carboxylic acids is 1. The minimum Gasteiger partial charge on any atom is -0.508 e. The second-order valence-corrected chi connectivity index (χ2v) is 8.16. The highest BCUT2D eigenvalue weighted by Crippen LogP contribution is 2.12. The molecule has 1 aromatic carbocycles. The molecule has 0 saturated heterocycles. The Kier molecular flexibility index (Phi) is 12.9. The van der Waals surface area contributed by atoms with Crippen LogP contribution in [-0.4, -0.2) is 77.0 Å². The lowest BCUT2D eigenvalue weighted by atomic mass is 10.0. The zero-order chi connectivity index (χ0) is 28.0. The molecule has 1 rings (SSSR count). The fraction of sp³-hybridized carbons (Fsp3) is 0.455. The molecule has 0 spiro atoms. The molecule has 204 valence electrons. The van der Waals surface area contributed by atoms with E-state index in [1.807, 2.05) is 0 Å². The minimum absolute atomic E-state index is 0.00167. The van der Waals surface area contributed by atoms with E-state index in [1.54, 1.807) is 12.1 Å². The molecule has 3 atom stereocenters. The second-order valence-electron chi connectivity index (χ2n) is 8.16. The lowest BCUT2D eigenvalue weighted by molar-refractivity contribution is -0.138. The summed E-state index contributed by atoms with van der Waals surface area (Å²) in [6.45, 7) is -0.447. The number of hydrogen-bond acceptors (Lipinski definition) is 8. The van der Waals surface area contributed by atoms with Crippen molar-refractivity contribution in [1.29, 1.82) is 0 Å². The molecule has 0 heterocycles. The fourth-order valence-corrected chi connectivity index (χ4v) is 3.12. The van der Waals surface area contributed by atoms with Gasteiger partial charge >= 0.3 is 5.97 Å². The summed E-state index contributed by atoms with van der Waals surface area (Å²) in [7, 11) is 0. The van der Waals surface area contributed by atoms with Gasteiger partial charge in [0.05, 0.1) is 6.04 Å². The van der Waals surface area contributed by atoms with Crippen LogP contribution in [0.15, 0.2) is 29.3 Å². The molecule has 37 heavy (non-hydrogen) atoms. The molecule has 4 amide bonds. The monoisotopic (exact) mass is 522 g/mol. The number of hydrogen-bond donors (Lipinski definition) is 9. The van der Waals surface area contributed by atoms with Crippen molar-refractivity contribution in [3.05, 3.63) is 29.8 Å². The first-order valence-electron chi connectivity index (χ1n) is 11.4. The lowest BCUT2D eigenvalue weighted by Gasteiger charge is -2.24. The zero-order valence-corrected chi connectivity index (χ0v) is 20.2. The van der Waals surface area contributed by atoms with Gasteiger partial charge < -0.3 is 49.1 Å². The van der Waals surface area contributed by atoms with Crippen LogP contribution in [0.5, 0.6) is 5.75 Å². The van der Waals surface area contributed by atoms with Gasteiger partial charge in [-0.15, -0.1) is 0 Å². The summed E-state index contributed by atoms with van der Waals surface area (Å²) < 4.78 is 0. The van der Waals surface area contributed by atoms with Crippen molar-refractivity contribution in [1.82, 2.24) is 16.0 Å². The van der Waals surface area contributed by atoms with Crippen molar-refractivity contribution >= 4 is 35.6 Å². The highest BCUT2D eigenvalue weighted by atomic mass is 16.4. The molecule has 0 aliphatic heterocycles. The molecule has 3 unspecified atom stereocenters. The molecular weight excluding hydrogens is 488 g/mol. The van der Waals surface area contributed by atoms with Crippen LogP contribution in [-0.2, 0) is 30.4 Å². The van der Waals surface area contributed by atoms with Gasteiger partial charge in [0.1, 0.15) is 24.4 Å². The van der Waals surface area contributed by atoms with Gasteiger partial charge in [0.2, 0.25) is 23.6 Å². The average Bonchev–Trinajstić information content (AvgIpc) is 2.83. The Morgan fingerprint density at radius 2 is 1.51 bits per heavy atom. The summed E-state index contributed by atoms with van der Waals surface area (Å²) in [6.07, 6.45) is 0.130. The molecule has 0 aliphatic carbocycles. The van der Waals surface area contributed by atoms with Gasteiger partial charge in [-0.25, -0.2) is 0 Å². The van der Waals surface area contributed by atoms with Crippen LogP contribution in [0.4, 0.5) is 0 Å². The third-order valence-corrected chi connectivity index (χ3v) is 5.04. The van der Waals surface area contributed by atoms with Gasteiger partial charge in [0, 0.05) is 19.4 Å². The topological polar surface area (TPSA) is 278 Å². The van der Waals surface area contributed by atoms with E-state index in [0.717, 1.165) is 0 Å². The number of carbonyl (C=O) groups excluding carboxylic acids is 4. The molecule has 0 aromatic heterocycles. The minimum atomic E-state index is -1.31. The number of carboxylic acid groups (broad SMARTS) is 1. The third kappa shape index (κ3) is 12.7. The predicted molar refractivity (Wildman–Crippen MR) is 133 cm³/mol. The van der Waals surface area contributed by atoms with Crippen molar-refractivity contribution in [3.63, 3.8) is 0 Å². The maximum atomic E-state index is 13.1. The maximum absolute atomic E-state index is 13.1. The van der Waals surface area contributed by atoms with E-state index in [1.165, 1.54) is 12.1 Å². The first kappa shape index (κ1) is 30.6. The number of nitrogens with zero attached hydrogens (tertiary/aromatic N) is 1. The Labute approximate surface area is 213 Å². The SMILES string of the molecule is NC(=O)CCC(NC(=O)C(Cc1ccc(O)cc1)NC(=O)C(N)CCCN=C(N)N)C(=O)NCC(=O)O. The maximum Gasteiger partial charge on any atom is 0.322 e. The van der Waals surface area contributed by atoms with Gasteiger partial charge in [-0.3, -0.25) is 29.0 Å². The van der Waals surface area contributed by atoms with Crippen LogP contribution in [0.25, 0.3) is 0 Å². The van der Waals surface area contributed by atoms with E-state index in [-0.39, 0.29) is 43.9 Å². The zero-order valence-electron chi connectivity index (χ0n) is 20.2. The number of amides is 4. The largest absolute Gasteiger partial charge is 0.508 e. The number of nitrogens with one attached hydrogen (secondary N) is 3. The van der Waals surface area contributed by atoms with E-state index < -0.39 is 54.3 Å². The van der Waals surface area contributed by atoms with E-state index in [9.17, 15) is 29.1 Å². The number of benzene rings is 1. The van der Waals surface area contributed by atoms with E-state index >= 15 is 0 Å². The molecule has 13 N–H and O–H groups in total. The number of carbonyl (C=O) groups is 5. The Morgan fingerprint density at radius 1 is 0.892 bits per heavy atom. The third-order valence-electron chi connectivity index (χ3n) is 5.04. The van der Waals surface area contributed by atoms with Crippen LogP contribution in [0.1, 0.15) is 31.2 Å². The van der Waals surface area contributed by atoms with E-state index in [2.05, 4.69) is 20.9 Å². The van der Waals surface area contributed by atoms with Gasteiger partial charge in [0.25, 0.3) is 0 Å². The number of guanidine groups is 1. The molecule has 0 aliphatic rings. The van der Waals surface area contributed by atoms with Gasteiger partial charge in [-0.2, -0.15) is 0 Å². The standard InChI is InChI=1S/C22H34N8O7/c23-14(2-1-9-27-22(25)26)19(35)30-16(10-12-3-5-13(31)6-4-12)21(37)29-15(7-8-17(24)32)20(36)28-11-18(33)34/h3-6,14-16,31H,1-2,7-11,23H2,(H2,24,32)(H,28,36)(H,29,37)(H,30,35)(H,33,34)(H4,25,26,27). The number of phenols is 1. The van der Waals surface area contributed by atoms with Crippen LogP contribution in [0.3, 0.4) is 0 Å².